The molecule has 0 atom stereocenters. The zero-order chi connectivity index (χ0) is 13.1. The maximum Gasteiger partial charge on any atom is 0.407 e. The van der Waals surface area contributed by atoms with E-state index in [-0.39, 0.29) is 0 Å². The highest BCUT2D eigenvalue weighted by Gasteiger charge is 2.20. The molecule has 2 rings (SSSR count). The van der Waals surface area contributed by atoms with Crippen LogP contribution in [0.3, 0.4) is 0 Å². The van der Waals surface area contributed by atoms with E-state index in [0.29, 0.717) is 13.1 Å². The van der Waals surface area contributed by atoms with Crippen LogP contribution in [0, 0.1) is 0 Å². The predicted molar refractivity (Wildman–Crippen MR) is 74.0 cm³/mol. The zero-order valence-electron chi connectivity index (χ0n) is 9.77. The minimum atomic E-state index is -0.838. The van der Waals surface area contributed by atoms with Crippen molar-refractivity contribution < 1.29 is 9.90 Å². The highest BCUT2D eigenvalue weighted by molar-refractivity contribution is 9.10. The van der Waals surface area contributed by atoms with Crippen LogP contribution in [-0.2, 0) is 6.54 Å². The summed E-state index contributed by atoms with van der Waals surface area (Å²) in [5, 5.41) is 9.61. The molecule has 0 spiro atoms. The van der Waals surface area contributed by atoms with E-state index in [4.69, 9.17) is 16.7 Å². The number of piperazine rings is 1. The summed E-state index contributed by atoms with van der Waals surface area (Å²) >= 11 is 9.62. The second-order valence-electron chi connectivity index (χ2n) is 4.26. The summed E-state index contributed by atoms with van der Waals surface area (Å²) in [5.74, 6) is 0. The molecule has 98 valence electrons. The summed E-state index contributed by atoms with van der Waals surface area (Å²) in [6.45, 7) is 3.36. The number of halogens is 2. The fourth-order valence-electron chi connectivity index (χ4n) is 2.01. The zero-order valence-corrected chi connectivity index (χ0v) is 12.1. The van der Waals surface area contributed by atoms with E-state index in [0.717, 1.165) is 34.7 Å². The molecule has 1 amide bonds. The molecule has 0 bridgehead atoms. The molecule has 1 fully saturated rings. The van der Waals surface area contributed by atoms with Crippen molar-refractivity contribution >= 4 is 33.6 Å². The first-order valence-corrected chi connectivity index (χ1v) is 6.88. The van der Waals surface area contributed by atoms with Gasteiger partial charge in [0.15, 0.2) is 0 Å². The van der Waals surface area contributed by atoms with Gasteiger partial charge in [-0.05, 0) is 27.6 Å². The van der Waals surface area contributed by atoms with Gasteiger partial charge in [-0.15, -0.1) is 0 Å². The lowest BCUT2D eigenvalue weighted by atomic mass is 10.2. The van der Waals surface area contributed by atoms with E-state index >= 15 is 0 Å². The van der Waals surface area contributed by atoms with E-state index < -0.39 is 6.09 Å². The molecule has 1 aliphatic rings. The third-order valence-corrected chi connectivity index (χ3v) is 4.40. The van der Waals surface area contributed by atoms with Crippen molar-refractivity contribution in [2.75, 3.05) is 26.2 Å². The van der Waals surface area contributed by atoms with Crippen LogP contribution in [-0.4, -0.2) is 47.2 Å². The molecule has 18 heavy (non-hydrogen) atoms. The van der Waals surface area contributed by atoms with Crippen molar-refractivity contribution in [2.24, 2.45) is 0 Å². The molecule has 1 N–H and O–H groups in total. The fourth-order valence-corrected chi connectivity index (χ4v) is 2.60. The monoisotopic (exact) mass is 332 g/mol. The normalized spacial score (nSPS) is 16.9. The third kappa shape index (κ3) is 3.16. The number of hydrogen-bond donors (Lipinski definition) is 1. The second kappa shape index (κ2) is 5.91. The number of benzene rings is 1. The molecule has 1 aromatic rings. The Kier molecular flexibility index (Phi) is 4.48. The van der Waals surface area contributed by atoms with Gasteiger partial charge in [0.1, 0.15) is 0 Å². The van der Waals surface area contributed by atoms with E-state index in [2.05, 4.69) is 20.8 Å². The molecule has 0 aromatic heterocycles. The van der Waals surface area contributed by atoms with Gasteiger partial charge in [0, 0.05) is 37.2 Å². The van der Waals surface area contributed by atoms with Crippen LogP contribution in [0.25, 0.3) is 0 Å². The summed E-state index contributed by atoms with van der Waals surface area (Å²) in [4.78, 5) is 14.5. The molecule has 0 unspecified atom stereocenters. The van der Waals surface area contributed by atoms with Crippen LogP contribution >= 0.6 is 27.5 Å². The van der Waals surface area contributed by atoms with Crippen LogP contribution in [0.4, 0.5) is 4.79 Å². The smallest absolute Gasteiger partial charge is 0.407 e. The lowest BCUT2D eigenvalue weighted by Gasteiger charge is -2.33. The van der Waals surface area contributed by atoms with Gasteiger partial charge in [0.25, 0.3) is 0 Å². The number of carboxylic acid groups (broad SMARTS) is 1. The summed E-state index contributed by atoms with van der Waals surface area (Å²) in [7, 11) is 0. The highest BCUT2D eigenvalue weighted by atomic mass is 79.9. The van der Waals surface area contributed by atoms with Crippen molar-refractivity contribution in [2.45, 2.75) is 6.54 Å². The standard InChI is InChI=1S/C12H14BrClN2O2/c13-10-3-1-2-9(11(10)14)8-15-4-6-16(7-5-15)12(17)18/h1-3H,4-8H2,(H,17,18). The summed E-state index contributed by atoms with van der Waals surface area (Å²) in [5.41, 5.74) is 1.06. The Hall–Kier alpha value is -0.780. The Morgan fingerprint density at radius 1 is 1.33 bits per heavy atom. The van der Waals surface area contributed by atoms with Crippen molar-refractivity contribution in [3.05, 3.63) is 33.3 Å². The van der Waals surface area contributed by atoms with Gasteiger partial charge in [-0.3, -0.25) is 4.90 Å². The Morgan fingerprint density at radius 3 is 2.61 bits per heavy atom. The molecule has 6 heteroatoms. The minimum absolute atomic E-state index is 0.557. The van der Waals surface area contributed by atoms with E-state index in [1.807, 2.05) is 18.2 Å². The molecule has 1 heterocycles. The number of rotatable bonds is 2. The molecule has 0 radical (unpaired) electrons. The Bertz CT molecular complexity index is 448. The first-order chi connectivity index (χ1) is 8.58. The van der Waals surface area contributed by atoms with Crippen LogP contribution in [0.15, 0.2) is 22.7 Å². The first-order valence-electron chi connectivity index (χ1n) is 5.71. The average Bonchev–Trinajstić information content (AvgIpc) is 2.36. The lowest BCUT2D eigenvalue weighted by molar-refractivity contribution is 0.103. The van der Waals surface area contributed by atoms with Gasteiger partial charge >= 0.3 is 6.09 Å². The summed E-state index contributed by atoms with van der Waals surface area (Å²) in [6, 6.07) is 5.86. The maximum atomic E-state index is 10.8. The molecule has 1 saturated heterocycles. The molecule has 0 aliphatic carbocycles. The summed E-state index contributed by atoms with van der Waals surface area (Å²) in [6.07, 6.45) is -0.838. The Balaban J connectivity index is 1.96. The first kappa shape index (κ1) is 13.6. The molecular formula is C12H14BrClN2O2. The predicted octanol–water partition coefficient (Wildman–Crippen LogP) is 2.90. The number of nitrogens with zero attached hydrogens (tertiary/aromatic N) is 2. The van der Waals surface area contributed by atoms with Gasteiger partial charge < -0.3 is 10.0 Å². The SMILES string of the molecule is O=C(O)N1CCN(Cc2cccc(Br)c2Cl)CC1. The topological polar surface area (TPSA) is 43.8 Å². The maximum absolute atomic E-state index is 10.8. The number of carbonyl (C=O) groups is 1. The molecule has 1 aromatic carbocycles. The van der Waals surface area contributed by atoms with Crippen molar-refractivity contribution in [3.63, 3.8) is 0 Å². The van der Waals surface area contributed by atoms with E-state index in [1.54, 1.807) is 0 Å². The van der Waals surface area contributed by atoms with Gasteiger partial charge in [-0.2, -0.15) is 0 Å². The van der Waals surface area contributed by atoms with Gasteiger partial charge in [0.2, 0.25) is 0 Å². The largest absolute Gasteiger partial charge is 0.465 e. The lowest BCUT2D eigenvalue weighted by Crippen LogP contribution is -2.47. The number of amides is 1. The van der Waals surface area contributed by atoms with Gasteiger partial charge in [0.05, 0.1) is 5.02 Å². The average molecular weight is 334 g/mol. The van der Waals surface area contributed by atoms with Crippen molar-refractivity contribution in [3.8, 4) is 0 Å². The minimum Gasteiger partial charge on any atom is -0.465 e. The van der Waals surface area contributed by atoms with Gasteiger partial charge in [-0.25, -0.2) is 4.79 Å². The van der Waals surface area contributed by atoms with Crippen molar-refractivity contribution in [1.82, 2.24) is 9.80 Å². The molecule has 0 saturated carbocycles. The Morgan fingerprint density at radius 2 is 2.00 bits per heavy atom. The quantitative estimate of drug-likeness (QED) is 0.905. The Labute approximate surface area is 119 Å². The summed E-state index contributed by atoms with van der Waals surface area (Å²) < 4.78 is 0.894. The van der Waals surface area contributed by atoms with Crippen LogP contribution < -0.4 is 0 Å². The highest BCUT2D eigenvalue weighted by Crippen LogP contribution is 2.27. The van der Waals surface area contributed by atoms with E-state index in [1.165, 1.54) is 4.90 Å². The fraction of sp³-hybridized carbons (Fsp3) is 0.417. The number of hydrogen-bond acceptors (Lipinski definition) is 2. The van der Waals surface area contributed by atoms with Crippen LogP contribution in [0.1, 0.15) is 5.56 Å². The van der Waals surface area contributed by atoms with Crippen LogP contribution in [0.5, 0.6) is 0 Å². The third-order valence-electron chi connectivity index (χ3n) is 3.07. The molecule has 1 aliphatic heterocycles. The van der Waals surface area contributed by atoms with Crippen LogP contribution in [0.2, 0.25) is 5.02 Å². The second-order valence-corrected chi connectivity index (χ2v) is 5.49. The molecule has 4 nitrogen and oxygen atoms in total. The molecular weight excluding hydrogens is 320 g/mol. The van der Waals surface area contributed by atoms with E-state index in [9.17, 15) is 4.79 Å². The van der Waals surface area contributed by atoms with Crippen molar-refractivity contribution in [1.29, 1.82) is 0 Å². The van der Waals surface area contributed by atoms with Gasteiger partial charge in [-0.1, -0.05) is 23.7 Å².